The van der Waals surface area contributed by atoms with Crippen molar-refractivity contribution in [3.05, 3.63) is 23.9 Å². The predicted octanol–water partition coefficient (Wildman–Crippen LogP) is 1.42. The summed E-state index contributed by atoms with van der Waals surface area (Å²) in [7, 11) is 0. The van der Waals surface area contributed by atoms with Crippen LogP contribution in [-0.2, 0) is 11.3 Å². The van der Waals surface area contributed by atoms with Gasteiger partial charge in [0.05, 0.1) is 0 Å². The lowest BCUT2D eigenvalue weighted by Gasteiger charge is -2.30. The zero-order valence-corrected chi connectivity index (χ0v) is 9.52. The van der Waals surface area contributed by atoms with E-state index in [0.717, 1.165) is 24.9 Å². The molecule has 86 valence electrons. The highest BCUT2D eigenvalue weighted by Gasteiger charge is 2.25. The fourth-order valence-corrected chi connectivity index (χ4v) is 2.08. The van der Waals surface area contributed by atoms with E-state index in [4.69, 9.17) is 5.73 Å². The Hall–Kier alpha value is -1.58. The number of nitrogens with zero attached hydrogens (tertiary/aromatic N) is 2. The molecule has 16 heavy (non-hydrogen) atoms. The van der Waals surface area contributed by atoms with Crippen LogP contribution in [0, 0.1) is 5.92 Å². The Balaban J connectivity index is 2.10. The number of hydrogen-bond acceptors (Lipinski definition) is 3. The highest BCUT2D eigenvalue weighted by molar-refractivity contribution is 5.79. The van der Waals surface area contributed by atoms with Gasteiger partial charge in [-0.15, -0.1) is 0 Å². The summed E-state index contributed by atoms with van der Waals surface area (Å²) in [4.78, 5) is 17.8. The Kier molecular flexibility index (Phi) is 3.08. The molecule has 1 saturated heterocycles. The van der Waals surface area contributed by atoms with E-state index in [0.29, 0.717) is 12.4 Å². The lowest BCUT2D eigenvalue weighted by molar-refractivity contribution is -0.138. The van der Waals surface area contributed by atoms with E-state index in [1.807, 2.05) is 24.0 Å². The van der Waals surface area contributed by atoms with E-state index in [2.05, 4.69) is 4.98 Å². The number of hydrogen-bond donors (Lipinski definition) is 1. The second kappa shape index (κ2) is 4.51. The molecule has 1 fully saturated rings. The van der Waals surface area contributed by atoms with E-state index < -0.39 is 0 Å². The van der Waals surface area contributed by atoms with Crippen LogP contribution in [0.4, 0.5) is 5.82 Å². The fraction of sp³-hybridized carbons (Fsp3) is 0.500. The van der Waals surface area contributed by atoms with E-state index >= 15 is 0 Å². The first kappa shape index (κ1) is 10.9. The van der Waals surface area contributed by atoms with Crippen molar-refractivity contribution in [2.75, 3.05) is 12.3 Å². The third-order valence-corrected chi connectivity index (χ3v) is 3.09. The van der Waals surface area contributed by atoms with Gasteiger partial charge >= 0.3 is 0 Å². The predicted molar refractivity (Wildman–Crippen MR) is 62.5 cm³/mol. The second-order valence-electron chi connectivity index (χ2n) is 4.35. The van der Waals surface area contributed by atoms with Crippen LogP contribution in [0.3, 0.4) is 0 Å². The Morgan fingerprint density at radius 2 is 2.44 bits per heavy atom. The summed E-state index contributed by atoms with van der Waals surface area (Å²) in [6.07, 6.45) is 3.74. The Labute approximate surface area is 95.5 Å². The van der Waals surface area contributed by atoms with Crippen LogP contribution in [0.25, 0.3) is 0 Å². The zero-order chi connectivity index (χ0) is 11.5. The summed E-state index contributed by atoms with van der Waals surface area (Å²) in [6.45, 7) is 3.40. The van der Waals surface area contributed by atoms with Crippen molar-refractivity contribution in [3.8, 4) is 0 Å². The van der Waals surface area contributed by atoms with Crippen LogP contribution in [0.15, 0.2) is 18.3 Å². The number of likely N-dealkylation sites (tertiary alicyclic amines) is 1. The summed E-state index contributed by atoms with van der Waals surface area (Å²) >= 11 is 0. The molecule has 0 aliphatic carbocycles. The summed E-state index contributed by atoms with van der Waals surface area (Å²) in [5, 5.41) is 0. The lowest BCUT2D eigenvalue weighted by Crippen LogP contribution is -2.39. The quantitative estimate of drug-likeness (QED) is 0.818. The van der Waals surface area contributed by atoms with Gasteiger partial charge in [-0.25, -0.2) is 4.98 Å². The van der Waals surface area contributed by atoms with Crippen molar-refractivity contribution >= 4 is 11.7 Å². The zero-order valence-electron chi connectivity index (χ0n) is 9.52. The van der Waals surface area contributed by atoms with Gasteiger partial charge in [0.1, 0.15) is 5.82 Å². The monoisotopic (exact) mass is 219 g/mol. The molecule has 0 saturated carbocycles. The minimum Gasteiger partial charge on any atom is -0.383 e. The largest absolute Gasteiger partial charge is 0.383 e. The SMILES string of the molecule is CC1CCCN(Cc2cccnc2N)C1=O. The van der Waals surface area contributed by atoms with Gasteiger partial charge in [-0.05, 0) is 18.9 Å². The summed E-state index contributed by atoms with van der Waals surface area (Å²) in [6, 6.07) is 3.78. The Morgan fingerprint density at radius 1 is 1.62 bits per heavy atom. The molecule has 1 amide bonds. The van der Waals surface area contributed by atoms with Crippen LogP contribution < -0.4 is 5.73 Å². The standard InChI is InChI=1S/C12H17N3O/c1-9-4-3-7-15(12(9)16)8-10-5-2-6-14-11(10)13/h2,5-6,9H,3-4,7-8H2,1H3,(H2,13,14). The van der Waals surface area contributed by atoms with Crippen LogP contribution >= 0.6 is 0 Å². The maximum absolute atomic E-state index is 11.9. The van der Waals surface area contributed by atoms with Gasteiger partial charge in [-0.3, -0.25) is 4.79 Å². The molecule has 0 aromatic carbocycles. The first-order chi connectivity index (χ1) is 7.68. The highest BCUT2D eigenvalue weighted by atomic mass is 16.2. The molecule has 4 nitrogen and oxygen atoms in total. The van der Waals surface area contributed by atoms with Crippen molar-refractivity contribution in [3.63, 3.8) is 0 Å². The molecule has 1 aromatic heterocycles. The van der Waals surface area contributed by atoms with E-state index in [-0.39, 0.29) is 11.8 Å². The van der Waals surface area contributed by atoms with Crippen molar-refractivity contribution in [2.24, 2.45) is 5.92 Å². The molecular formula is C12H17N3O. The molecule has 1 atom stereocenters. The van der Waals surface area contributed by atoms with Gasteiger partial charge in [0, 0.05) is 30.8 Å². The summed E-state index contributed by atoms with van der Waals surface area (Å²) in [5.41, 5.74) is 6.70. The van der Waals surface area contributed by atoms with Crippen LogP contribution in [0.2, 0.25) is 0 Å². The number of amides is 1. The maximum atomic E-state index is 11.9. The fourth-order valence-electron chi connectivity index (χ4n) is 2.08. The number of nitrogen functional groups attached to an aromatic ring is 1. The molecule has 1 aliphatic heterocycles. The number of carbonyl (C=O) groups is 1. The molecule has 1 unspecified atom stereocenters. The number of piperidine rings is 1. The third kappa shape index (κ3) is 2.15. The first-order valence-corrected chi connectivity index (χ1v) is 5.66. The van der Waals surface area contributed by atoms with Gasteiger partial charge < -0.3 is 10.6 Å². The van der Waals surface area contributed by atoms with Crippen LogP contribution in [-0.4, -0.2) is 22.3 Å². The van der Waals surface area contributed by atoms with Gasteiger partial charge in [-0.2, -0.15) is 0 Å². The Morgan fingerprint density at radius 3 is 3.19 bits per heavy atom. The van der Waals surface area contributed by atoms with E-state index in [1.54, 1.807) is 6.20 Å². The van der Waals surface area contributed by atoms with Gasteiger partial charge in [0.2, 0.25) is 5.91 Å². The minimum atomic E-state index is 0.145. The number of nitrogens with two attached hydrogens (primary N) is 1. The maximum Gasteiger partial charge on any atom is 0.225 e. The molecule has 2 rings (SSSR count). The van der Waals surface area contributed by atoms with Crippen molar-refractivity contribution in [2.45, 2.75) is 26.3 Å². The number of anilines is 1. The average molecular weight is 219 g/mol. The molecule has 1 aromatic rings. The first-order valence-electron chi connectivity index (χ1n) is 5.66. The van der Waals surface area contributed by atoms with Gasteiger partial charge in [-0.1, -0.05) is 13.0 Å². The van der Waals surface area contributed by atoms with Crippen molar-refractivity contribution in [1.29, 1.82) is 0 Å². The van der Waals surface area contributed by atoms with Gasteiger partial charge in [0.15, 0.2) is 0 Å². The second-order valence-corrected chi connectivity index (χ2v) is 4.35. The topological polar surface area (TPSA) is 59.2 Å². The lowest BCUT2D eigenvalue weighted by atomic mass is 9.99. The molecule has 4 heteroatoms. The number of carbonyl (C=O) groups excluding carboxylic acids is 1. The van der Waals surface area contributed by atoms with Gasteiger partial charge in [0.25, 0.3) is 0 Å². The molecule has 1 aliphatic rings. The van der Waals surface area contributed by atoms with Crippen molar-refractivity contribution < 1.29 is 4.79 Å². The highest BCUT2D eigenvalue weighted by Crippen LogP contribution is 2.20. The average Bonchev–Trinajstić information content (AvgIpc) is 2.28. The van der Waals surface area contributed by atoms with Crippen molar-refractivity contribution in [1.82, 2.24) is 9.88 Å². The number of pyridine rings is 1. The van der Waals surface area contributed by atoms with Crippen LogP contribution in [0.1, 0.15) is 25.3 Å². The number of aromatic nitrogens is 1. The number of rotatable bonds is 2. The molecule has 0 radical (unpaired) electrons. The van der Waals surface area contributed by atoms with Crippen LogP contribution in [0.5, 0.6) is 0 Å². The minimum absolute atomic E-state index is 0.145. The Bertz CT molecular complexity index is 392. The normalized spacial score (nSPS) is 21.2. The van der Waals surface area contributed by atoms with E-state index in [9.17, 15) is 4.79 Å². The summed E-state index contributed by atoms with van der Waals surface area (Å²) < 4.78 is 0. The van der Waals surface area contributed by atoms with E-state index in [1.165, 1.54) is 0 Å². The molecule has 2 N–H and O–H groups in total. The third-order valence-electron chi connectivity index (χ3n) is 3.09. The molecule has 0 spiro atoms. The summed E-state index contributed by atoms with van der Waals surface area (Å²) in [5.74, 6) is 0.898. The smallest absolute Gasteiger partial charge is 0.225 e. The molecule has 2 heterocycles. The molecular weight excluding hydrogens is 202 g/mol. The molecule has 0 bridgehead atoms.